The SMILES string of the molecule is C=COC(=O)c1c(C(=O)[O-])c(C(=O)[O-])cc2ccccc12.[Na+].[Na+]. The smallest absolute Gasteiger partial charge is 0.545 e. The zero-order chi connectivity index (χ0) is 15.6. The summed E-state index contributed by atoms with van der Waals surface area (Å²) in [6.07, 6.45) is 0.821. The van der Waals surface area contributed by atoms with Crippen LogP contribution in [0.2, 0.25) is 0 Å². The van der Waals surface area contributed by atoms with Crippen LogP contribution >= 0.6 is 0 Å². The Morgan fingerprint density at radius 1 is 1.00 bits per heavy atom. The molecule has 0 heterocycles. The van der Waals surface area contributed by atoms with Crippen LogP contribution in [0.3, 0.4) is 0 Å². The van der Waals surface area contributed by atoms with E-state index in [1.54, 1.807) is 12.1 Å². The molecule has 2 aromatic rings. The van der Waals surface area contributed by atoms with Crippen molar-refractivity contribution in [2.45, 2.75) is 0 Å². The van der Waals surface area contributed by atoms with Crippen LogP contribution in [0.1, 0.15) is 31.1 Å². The third-order valence-corrected chi connectivity index (χ3v) is 2.87. The Morgan fingerprint density at radius 2 is 1.61 bits per heavy atom. The molecule has 0 aliphatic heterocycles. The van der Waals surface area contributed by atoms with Crippen LogP contribution in [0.5, 0.6) is 0 Å². The van der Waals surface area contributed by atoms with Crippen molar-refractivity contribution < 1.29 is 88.4 Å². The number of carboxylic acid groups (broad SMARTS) is 2. The first-order valence-corrected chi connectivity index (χ1v) is 5.77. The fraction of sp³-hybridized carbons (Fsp3) is 0. The van der Waals surface area contributed by atoms with E-state index in [4.69, 9.17) is 0 Å². The van der Waals surface area contributed by atoms with E-state index in [9.17, 15) is 24.6 Å². The topological polar surface area (TPSA) is 107 Å². The molecule has 0 radical (unpaired) electrons. The average molecular weight is 330 g/mol. The Balaban J connectivity index is 0.00000242. The second-order valence-electron chi connectivity index (χ2n) is 4.04. The summed E-state index contributed by atoms with van der Waals surface area (Å²) in [4.78, 5) is 34.4. The number of hydrogen-bond acceptors (Lipinski definition) is 6. The first-order chi connectivity index (χ1) is 9.97. The average Bonchev–Trinajstić information content (AvgIpc) is 2.45. The molecule has 0 bridgehead atoms. The molecule has 6 nitrogen and oxygen atoms in total. The van der Waals surface area contributed by atoms with Crippen molar-refractivity contribution in [1.82, 2.24) is 0 Å². The van der Waals surface area contributed by atoms with Gasteiger partial charge in [0, 0.05) is 11.1 Å². The van der Waals surface area contributed by atoms with Crippen LogP contribution in [0.4, 0.5) is 0 Å². The van der Waals surface area contributed by atoms with Crippen molar-refractivity contribution in [3.63, 3.8) is 0 Å². The summed E-state index contributed by atoms with van der Waals surface area (Å²) in [5.74, 6) is -4.58. The second kappa shape index (κ2) is 9.22. The van der Waals surface area contributed by atoms with Crippen molar-refractivity contribution in [1.29, 1.82) is 0 Å². The molecule has 0 unspecified atom stereocenters. The van der Waals surface area contributed by atoms with Crippen molar-refractivity contribution in [2.24, 2.45) is 0 Å². The van der Waals surface area contributed by atoms with E-state index < -0.39 is 34.6 Å². The van der Waals surface area contributed by atoms with E-state index in [1.165, 1.54) is 12.1 Å². The summed E-state index contributed by atoms with van der Waals surface area (Å²) < 4.78 is 4.58. The van der Waals surface area contributed by atoms with Crippen LogP contribution in [-0.4, -0.2) is 17.9 Å². The number of benzene rings is 2. The van der Waals surface area contributed by atoms with Gasteiger partial charge >= 0.3 is 65.1 Å². The molecule has 0 amide bonds. The van der Waals surface area contributed by atoms with Gasteiger partial charge in [-0.2, -0.15) is 0 Å². The zero-order valence-electron chi connectivity index (χ0n) is 12.6. The number of aromatic carboxylic acids is 2. The first-order valence-electron chi connectivity index (χ1n) is 5.77. The van der Waals surface area contributed by atoms with E-state index in [0.717, 1.165) is 12.3 Å². The second-order valence-corrected chi connectivity index (χ2v) is 4.04. The molecule has 8 heteroatoms. The van der Waals surface area contributed by atoms with Gasteiger partial charge in [-0.1, -0.05) is 30.8 Å². The molecule has 0 aliphatic carbocycles. The molecule has 0 atom stereocenters. The van der Waals surface area contributed by atoms with Crippen molar-refractivity contribution in [3.8, 4) is 0 Å². The van der Waals surface area contributed by atoms with Gasteiger partial charge in [-0.25, -0.2) is 4.79 Å². The van der Waals surface area contributed by atoms with Crippen molar-refractivity contribution in [3.05, 3.63) is 59.9 Å². The first kappa shape index (κ1) is 21.9. The van der Waals surface area contributed by atoms with E-state index in [-0.39, 0.29) is 64.5 Å². The molecule has 2 rings (SSSR count). The molecule has 0 aliphatic rings. The number of carbonyl (C=O) groups is 3. The van der Waals surface area contributed by atoms with Crippen molar-refractivity contribution in [2.75, 3.05) is 0 Å². The van der Waals surface area contributed by atoms with E-state index in [1.807, 2.05) is 0 Å². The number of hydrogen-bond donors (Lipinski definition) is 0. The summed E-state index contributed by atoms with van der Waals surface area (Å²) in [7, 11) is 0. The van der Waals surface area contributed by atoms with Crippen LogP contribution in [0, 0.1) is 0 Å². The van der Waals surface area contributed by atoms with Gasteiger partial charge in [-0.3, -0.25) is 0 Å². The van der Waals surface area contributed by atoms with E-state index >= 15 is 0 Å². The quantitative estimate of drug-likeness (QED) is 0.314. The minimum atomic E-state index is -1.81. The van der Waals surface area contributed by atoms with Crippen molar-refractivity contribution >= 4 is 28.7 Å². The minimum absolute atomic E-state index is 0. The number of esters is 1. The normalized spacial score (nSPS) is 9.22. The summed E-state index contributed by atoms with van der Waals surface area (Å²) in [5.41, 5.74) is -1.84. The zero-order valence-corrected chi connectivity index (χ0v) is 16.6. The number of carbonyl (C=O) groups excluding carboxylic acids is 3. The van der Waals surface area contributed by atoms with Crippen LogP contribution < -0.4 is 69.3 Å². The van der Waals surface area contributed by atoms with Gasteiger partial charge in [0.15, 0.2) is 0 Å². The number of ether oxygens (including phenoxy) is 1. The number of carboxylic acids is 2. The molecule has 0 N–H and O–H groups in total. The Hall–Kier alpha value is -1.15. The monoisotopic (exact) mass is 330 g/mol. The minimum Gasteiger partial charge on any atom is -0.545 e. The molecule has 0 spiro atoms. The maximum Gasteiger partial charge on any atom is 1.00 e. The van der Waals surface area contributed by atoms with Gasteiger partial charge in [0.2, 0.25) is 0 Å². The predicted molar refractivity (Wildman–Crippen MR) is 68.2 cm³/mol. The molecule has 0 saturated carbocycles. The Bertz CT molecular complexity index is 785. The molecule has 23 heavy (non-hydrogen) atoms. The molecule has 0 saturated heterocycles. The third kappa shape index (κ3) is 4.44. The van der Waals surface area contributed by atoms with E-state index in [0.29, 0.717) is 5.39 Å². The molecule has 106 valence electrons. The molecular weight excluding hydrogens is 322 g/mol. The van der Waals surface area contributed by atoms with Crippen LogP contribution in [0.15, 0.2) is 43.2 Å². The maximum absolute atomic E-state index is 12.0. The summed E-state index contributed by atoms with van der Waals surface area (Å²) in [5, 5.41) is 23.0. The van der Waals surface area contributed by atoms with Gasteiger partial charge in [0.1, 0.15) is 0 Å². The fourth-order valence-corrected chi connectivity index (χ4v) is 2.07. The van der Waals surface area contributed by atoms with Crippen LogP contribution in [-0.2, 0) is 4.74 Å². The summed E-state index contributed by atoms with van der Waals surface area (Å²) in [6, 6.07) is 7.31. The largest absolute Gasteiger partial charge is 1.00 e. The molecular formula is C15H8Na2O6. The van der Waals surface area contributed by atoms with Gasteiger partial charge in [-0.15, -0.1) is 0 Å². The van der Waals surface area contributed by atoms with Gasteiger partial charge in [0.25, 0.3) is 0 Å². The molecule has 0 fully saturated rings. The van der Waals surface area contributed by atoms with Gasteiger partial charge < -0.3 is 24.5 Å². The Morgan fingerprint density at radius 3 is 2.13 bits per heavy atom. The molecule has 2 aromatic carbocycles. The fourth-order valence-electron chi connectivity index (χ4n) is 2.07. The van der Waals surface area contributed by atoms with E-state index in [2.05, 4.69) is 11.3 Å². The predicted octanol–water partition coefficient (Wildman–Crippen LogP) is -6.12. The van der Waals surface area contributed by atoms with Crippen LogP contribution in [0.25, 0.3) is 10.8 Å². The van der Waals surface area contributed by atoms with Gasteiger partial charge in [0.05, 0.1) is 23.8 Å². The maximum atomic E-state index is 12.0. The number of fused-ring (bicyclic) bond motifs is 1. The molecule has 0 aromatic heterocycles. The Kier molecular flexibility index (Phi) is 8.76. The Labute approximate surface area is 175 Å². The third-order valence-electron chi connectivity index (χ3n) is 2.87. The standard InChI is InChI=1S/C15H10O6.2Na/c1-2-21-15(20)12-9-6-4-3-5-8(9)7-10(13(16)17)11(12)14(18)19;;/h2-7H,1H2,(H,16,17)(H,18,19);;/q;2*+1/p-2. The summed E-state index contributed by atoms with van der Waals surface area (Å²) in [6.45, 7) is 3.20. The summed E-state index contributed by atoms with van der Waals surface area (Å²) >= 11 is 0. The number of rotatable bonds is 4. The van der Waals surface area contributed by atoms with Gasteiger partial charge in [-0.05, 0) is 16.8 Å².